The van der Waals surface area contributed by atoms with Gasteiger partial charge in [0.1, 0.15) is 35.6 Å². The molecule has 6 atom stereocenters. The van der Waals surface area contributed by atoms with Crippen LogP contribution in [0.2, 0.25) is 0 Å². The Hall–Kier alpha value is -6.75. The van der Waals surface area contributed by atoms with E-state index in [4.69, 9.17) is 47.9 Å². The number of nitrogens with zero attached hydrogens (tertiary/aromatic N) is 2. The number of aliphatic hydroxyl groups is 2. The van der Waals surface area contributed by atoms with Crippen LogP contribution >= 0.6 is 0 Å². The molecule has 4 aromatic carbocycles. The molecular formula is C53H61N3O13. The summed E-state index contributed by atoms with van der Waals surface area (Å²) in [6, 6.07) is 24.7. The molecule has 69 heavy (non-hydrogen) atoms. The van der Waals surface area contributed by atoms with Crippen molar-refractivity contribution in [1.82, 2.24) is 4.90 Å². The second-order valence-corrected chi connectivity index (χ2v) is 17.4. The first-order valence-electron chi connectivity index (χ1n) is 23.4. The highest BCUT2D eigenvalue weighted by atomic mass is 16.7. The zero-order chi connectivity index (χ0) is 48.3. The summed E-state index contributed by atoms with van der Waals surface area (Å²) in [5.41, 5.74) is 4.28. The van der Waals surface area contributed by atoms with Crippen molar-refractivity contribution < 1.29 is 62.5 Å². The van der Waals surface area contributed by atoms with E-state index in [-0.39, 0.29) is 63.8 Å². The molecule has 3 N–H and O–H groups in total. The van der Waals surface area contributed by atoms with Gasteiger partial charge in [-0.1, -0.05) is 66.5 Å². The second kappa shape index (κ2) is 22.6. The number of ether oxygens (including phenoxy) is 8. The van der Waals surface area contributed by atoms with Crippen molar-refractivity contribution in [2.75, 3.05) is 53.3 Å². The number of carbonyl (C=O) groups excluding carboxylic acids is 2. The van der Waals surface area contributed by atoms with E-state index in [9.17, 15) is 19.8 Å². The van der Waals surface area contributed by atoms with E-state index in [2.05, 4.69) is 18.0 Å². The van der Waals surface area contributed by atoms with E-state index in [1.165, 1.54) is 14.2 Å². The molecule has 4 aromatic rings. The highest BCUT2D eigenvalue weighted by Gasteiger charge is 2.65. The number of aliphatic hydroxyl groups excluding tert-OH is 2. The second-order valence-electron chi connectivity index (χ2n) is 17.4. The zero-order valence-electron chi connectivity index (χ0n) is 39.3. The molecule has 2 aliphatic carbocycles. The Morgan fingerprint density at radius 2 is 1.64 bits per heavy atom. The van der Waals surface area contributed by atoms with Gasteiger partial charge in [0.15, 0.2) is 11.5 Å². The number of anilines is 1. The Morgan fingerprint density at radius 3 is 2.39 bits per heavy atom. The van der Waals surface area contributed by atoms with Crippen LogP contribution in [0.3, 0.4) is 0 Å². The topological polar surface area (TPSA) is 185 Å². The lowest BCUT2D eigenvalue weighted by Crippen LogP contribution is -2.70. The summed E-state index contributed by atoms with van der Waals surface area (Å²) in [5.74, 6) is 0.123. The highest BCUT2D eigenvalue weighted by Crippen LogP contribution is 2.62. The van der Waals surface area contributed by atoms with Gasteiger partial charge in [-0.3, -0.25) is 10.2 Å². The van der Waals surface area contributed by atoms with Gasteiger partial charge in [-0.2, -0.15) is 0 Å². The van der Waals surface area contributed by atoms with Crippen LogP contribution in [0.25, 0.3) is 0 Å². The monoisotopic (exact) mass is 947 g/mol. The molecule has 366 valence electrons. The molecule has 1 saturated carbocycles. The minimum Gasteiger partial charge on any atom is -0.497 e. The largest absolute Gasteiger partial charge is 0.497 e. The Morgan fingerprint density at radius 1 is 0.870 bits per heavy atom. The number of fused-ring (bicyclic) bond motifs is 3. The van der Waals surface area contributed by atoms with Crippen molar-refractivity contribution in [2.24, 2.45) is 22.9 Å². The summed E-state index contributed by atoms with van der Waals surface area (Å²) < 4.78 is 48.2. The molecule has 0 saturated heterocycles. The molecule has 0 unspecified atom stereocenters. The van der Waals surface area contributed by atoms with E-state index in [1.54, 1.807) is 48.4 Å². The minimum atomic E-state index is -1.57. The first-order chi connectivity index (χ1) is 33.7. The number of carbonyl (C=O) groups is 2. The van der Waals surface area contributed by atoms with Gasteiger partial charge < -0.3 is 52.9 Å². The van der Waals surface area contributed by atoms with E-state index < -0.39 is 35.9 Å². The summed E-state index contributed by atoms with van der Waals surface area (Å²) in [6.45, 7) is 4.52. The number of oxime groups is 1. The van der Waals surface area contributed by atoms with Crippen LogP contribution in [0, 0.1) is 17.8 Å². The zero-order valence-corrected chi connectivity index (χ0v) is 39.3. The van der Waals surface area contributed by atoms with Crippen LogP contribution < -0.4 is 33.7 Å². The lowest BCUT2D eigenvalue weighted by atomic mass is 9.55. The van der Waals surface area contributed by atoms with Crippen molar-refractivity contribution in [2.45, 2.75) is 75.8 Å². The maximum Gasteiger partial charge on any atom is 0.417 e. The van der Waals surface area contributed by atoms with Gasteiger partial charge in [0.05, 0.1) is 45.3 Å². The summed E-state index contributed by atoms with van der Waals surface area (Å²) in [5, 5.41) is 27.7. The minimum absolute atomic E-state index is 0.0286. The molecule has 16 nitrogen and oxygen atoms in total. The van der Waals surface area contributed by atoms with Gasteiger partial charge >= 0.3 is 12.2 Å². The summed E-state index contributed by atoms with van der Waals surface area (Å²) in [6.07, 6.45) is 6.81. The summed E-state index contributed by atoms with van der Waals surface area (Å²) in [7, 11) is 4.38. The van der Waals surface area contributed by atoms with Crippen molar-refractivity contribution in [1.29, 1.82) is 0 Å². The Bertz CT molecular complexity index is 2500. The van der Waals surface area contributed by atoms with Crippen molar-refractivity contribution >= 4 is 23.6 Å². The number of hydrogen-bond acceptors (Lipinski definition) is 14. The lowest BCUT2D eigenvalue weighted by molar-refractivity contribution is -0.256. The first kappa shape index (κ1) is 48.7. The molecular weight excluding hydrogens is 887 g/mol. The molecule has 16 heteroatoms. The molecule has 4 aliphatic rings. The Labute approximate surface area is 402 Å². The van der Waals surface area contributed by atoms with Crippen molar-refractivity contribution in [3.8, 4) is 34.5 Å². The molecule has 0 aromatic heterocycles. The van der Waals surface area contributed by atoms with Crippen LogP contribution in [0.4, 0.5) is 15.3 Å². The van der Waals surface area contributed by atoms with Crippen LogP contribution in [-0.4, -0.2) is 92.8 Å². The van der Waals surface area contributed by atoms with Gasteiger partial charge in [0, 0.05) is 43.7 Å². The van der Waals surface area contributed by atoms with E-state index in [1.807, 2.05) is 54.6 Å². The Kier molecular flexibility index (Phi) is 15.9. The van der Waals surface area contributed by atoms with E-state index >= 15 is 0 Å². The number of amides is 2. The van der Waals surface area contributed by atoms with Crippen molar-refractivity contribution in [3.63, 3.8) is 0 Å². The quantitative estimate of drug-likeness (QED) is 0.0409. The van der Waals surface area contributed by atoms with E-state index in [0.29, 0.717) is 65.8 Å². The normalized spacial score (nSPS) is 22.2. The molecule has 0 spiro atoms. The third-order valence-electron chi connectivity index (χ3n) is 13.3. The first-order valence-corrected chi connectivity index (χ1v) is 23.4. The van der Waals surface area contributed by atoms with Gasteiger partial charge in [0.25, 0.3) is 0 Å². The number of allylic oxidation sites excluding steroid dienone is 1. The lowest BCUT2D eigenvalue weighted by Gasteiger charge is -2.59. The number of nitrogens with one attached hydrogen (secondary N) is 1. The van der Waals surface area contributed by atoms with E-state index in [0.717, 1.165) is 35.1 Å². The predicted molar refractivity (Wildman–Crippen MR) is 256 cm³/mol. The molecule has 0 radical (unpaired) electrons. The molecule has 2 aliphatic heterocycles. The summed E-state index contributed by atoms with van der Waals surface area (Å²) in [4.78, 5) is 35.9. The van der Waals surface area contributed by atoms with Crippen LogP contribution in [0.1, 0.15) is 67.6 Å². The number of hydrogen-bond donors (Lipinski definition) is 3. The standard InChI is InChI=1S/C53H61N3O13/c1-5-25-66-53-48(56(52(60)63-4)31-35-17-21-45-47(26-35)65-33-64-45)30-43(55-67-32-34-13-7-6-8-14-34)40-27-36(15-9-11-23-57)39(16-10-12-24-58)49(50(40)53)41-28-38(19-22-44(41)69-53)68-51(59)54-42-20-18-37(61-2)29-46(42)62-3/h5-8,13-14,17-22,26-29,36,39,48-50,57-58H,1,9-12,15-16,23-25,30-33H2,2-4H3,(H,54,59)/t36-,39+,48-,49+,50+,53+/m0/s1. The molecule has 1 fully saturated rings. The van der Waals surface area contributed by atoms with Crippen LogP contribution in [0.5, 0.6) is 34.5 Å². The maximum atomic E-state index is 14.4. The average molecular weight is 948 g/mol. The fourth-order valence-corrected chi connectivity index (χ4v) is 10.3. The molecule has 2 amide bonds. The third-order valence-corrected chi connectivity index (χ3v) is 13.3. The number of unbranched alkanes of at least 4 members (excludes halogenated alkanes) is 2. The molecule has 2 heterocycles. The fourth-order valence-electron chi connectivity index (χ4n) is 10.3. The number of rotatable bonds is 21. The maximum absolute atomic E-state index is 14.4. The van der Waals surface area contributed by atoms with Crippen molar-refractivity contribution in [3.05, 3.63) is 126 Å². The van der Waals surface area contributed by atoms with Crippen LogP contribution in [-0.2, 0) is 27.5 Å². The number of methoxy groups -OCH3 is 3. The molecule has 8 rings (SSSR count). The molecule has 0 bridgehead atoms. The van der Waals surface area contributed by atoms with Gasteiger partial charge in [-0.25, -0.2) is 9.59 Å². The smallest absolute Gasteiger partial charge is 0.417 e. The predicted octanol–water partition coefficient (Wildman–Crippen LogP) is 9.15. The van der Waals surface area contributed by atoms with Crippen LogP contribution in [0.15, 0.2) is 114 Å². The average Bonchev–Trinajstić information content (AvgIpc) is 3.85. The van der Waals surface area contributed by atoms with Gasteiger partial charge in [0.2, 0.25) is 12.6 Å². The highest BCUT2D eigenvalue weighted by molar-refractivity contribution is 6.03. The summed E-state index contributed by atoms with van der Waals surface area (Å²) >= 11 is 0. The Balaban J connectivity index is 1.29. The third kappa shape index (κ3) is 10.6. The number of benzene rings is 4. The van der Waals surface area contributed by atoms with Gasteiger partial charge in [-0.05, 0) is 96.7 Å². The van der Waals surface area contributed by atoms with Gasteiger partial charge in [-0.15, -0.1) is 6.58 Å². The fraction of sp³-hybridized carbons (Fsp3) is 0.415. The SMILES string of the molecule is C=CCO[C@@]12Oc3ccc(OC(=O)Nc4ccc(OC)cc4OC)cc3[C@H]3[C@H](CCCCO)[C@@H](CCCCO)C=C(C(=NOCc4ccccc4)C[C@@H]1N(Cc1ccc4c(c1)OCO4)C(=O)OC)[C@H]32.